The average Bonchev–Trinajstić information content (AvgIpc) is 2.81. The van der Waals surface area contributed by atoms with Crippen LogP contribution in [0.2, 0.25) is 0 Å². The minimum absolute atomic E-state index is 0.466. The maximum Gasteiger partial charge on any atom is 0.174 e. The predicted octanol–water partition coefficient (Wildman–Crippen LogP) is 2.61. The van der Waals surface area contributed by atoms with Gasteiger partial charge in [0.05, 0.1) is 18.1 Å². The third kappa shape index (κ3) is 2.77. The van der Waals surface area contributed by atoms with Crippen LogP contribution in [0.1, 0.15) is 25.2 Å². The summed E-state index contributed by atoms with van der Waals surface area (Å²) in [6.07, 6.45) is 3.63. The molecule has 1 fully saturated rings. The molecule has 0 bridgehead atoms. The zero-order chi connectivity index (χ0) is 15.0. The summed E-state index contributed by atoms with van der Waals surface area (Å²) >= 11 is 2.02. The van der Waals surface area contributed by atoms with Gasteiger partial charge >= 0.3 is 0 Å². The molecule has 0 radical (unpaired) electrons. The quantitative estimate of drug-likeness (QED) is 0.853. The molecule has 0 saturated carbocycles. The van der Waals surface area contributed by atoms with Crippen LogP contribution in [0.15, 0.2) is 18.5 Å². The van der Waals surface area contributed by atoms with Gasteiger partial charge in [0, 0.05) is 29.3 Å². The third-order valence-electron chi connectivity index (χ3n) is 4.01. The van der Waals surface area contributed by atoms with Crippen LogP contribution in [0.3, 0.4) is 0 Å². The fourth-order valence-corrected chi connectivity index (χ4v) is 3.80. The first-order valence-corrected chi connectivity index (χ1v) is 8.35. The van der Waals surface area contributed by atoms with Crippen LogP contribution in [-0.2, 0) is 0 Å². The Balaban J connectivity index is 1.95. The van der Waals surface area contributed by atoms with Gasteiger partial charge in [-0.1, -0.05) is 6.92 Å². The van der Waals surface area contributed by atoms with Crippen molar-refractivity contribution in [3.8, 4) is 5.82 Å². The zero-order valence-electron chi connectivity index (χ0n) is 12.9. The van der Waals surface area contributed by atoms with Crippen molar-refractivity contribution in [2.24, 2.45) is 0 Å². The second kappa shape index (κ2) is 5.67. The van der Waals surface area contributed by atoms with Crippen molar-refractivity contribution in [3.63, 3.8) is 0 Å². The van der Waals surface area contributed by atoms with Gasteiger partial charge in [0.1, 0.15) is 5.82 Å². The molecule has 1 aliphatic rings. The number of anilines is 1. The van der Waals surface area contributed by atoms with Gasteiger partial charge in [-0.15, -0.1) is 0 Å². The van der Waals surface area contributed by atoms with Gasteiger partial charge in [-0.05, 0) is 26.8 Å². The smallest absolute Gasteiger partial charge is 0.174 e. The van der Waals surface area contributed by atoms with E-state index in [-0.39, 0.29) is 0 Å². The van der Waals surface area contributed by atoms with E-state index < -0.39 is 0 Å². The Morgan fingerprint density at radius 2 is 1.95 bits per heavy atom. The summed E-state index contributed by atoms with van der Waals surface area (Å²) < 4.78 is 1.86. The molecule has 2 aromatic rings. The predicted molar refractivity (Wildman–Crippen MR) is 87.4 cm³/mol. The van der Waals surface area contributed by atoms with Gasteiger partial charge in [-0.3, -0.25) is 4.98 Å². The van der Waals surface area contributed by atoms with Crippen LogP contribution in [0.25, 0.3) is 5.82 Å². The van der Waals surface area contributed by atoms with Crippen molar-refractivity contribution in [3.05, 3.63) is 29.8 Å². The molecule has 2 unspecified atom stereocenters. The monoisotopic (exact) mass is 303 g/mol. The minimum Gasteiger partial charge on any atom is -0.351 e. The number of aryl methyl sites for hydroxylation is 2. The highest BCUT2D eigenvalue weighted by Gasteiger charge is 2.26. The fourth-order valence-electron chi connectivity index (χ4n) is 2.70. The molecule has 0 spiro atoms. The third-order valence-corrected chi connectivity index (χ3v) is 5.35. The van der Waals surface area contributed by atoms with Crippen molar-refractivity contribution in [2.75, 3.05) is 17.2 Å². The van der Waals surface area contributed by atoms with E-state index >= 15 is 0 Å². The Morgan fingerprint density at radius 3 is 2.67 bits per heavy atom. The Bertz CT molecular complexity index is 639. The molecule has 0 N–H and O–H groups in total. The van der Waals surface area contributed by atoms with Crippen molar-refractivity contribution in [2.45, 2.75) is 39.0 Å². The van der Waals surface area contributed by atoms with Gasteiger partial charge in [0.25, 0.3) is 0 Å². The van der Waals surface area contributed by atoms with E-state index in [1.54, 1.807) is 6.20 Å². The molecular weight excluding hydrogens is 282 g/mol. The van der Waals surface area contributed by atoms with Crippen LogP contribution in [0.4, 0.5) is 5.82 Å². The van der Waals surface area contributed by atoms with Gasteiger partial charge in [-0.25, -0.2) is 9.67 Å². The van der Waals surface area contributed by atoms with Gasteiger partial charge in [0.15, 0.2) is 5.82 Å². The number of thioether (sulfide) groups is 1. The molecular formula is C15H21N5S. The highest BCUT2D eigenvalue weighted by molar-refractivity contribution is 8.00. The first-order chi connectivity index (χ1) is 10.1. The lowest BCUT2D eigenvalue weighted by Crippen LogP contribution is -2.45. The van der Waals surface area contributed by atoms with Crippen molar-refractivity contribution in [1.29, 1.82) is 0 Å². The summed E-state index contributed by atoms with van der Waals surface area (Å²) in [5, 5.41) is 5.10. The Kier molecular flexibility index (Phi) is 3.89. The molecule has 0 aliphatic carbocycles. The molecule has 0 aromatic carbocycles. The van der Waals surface area contributed by atoms with Crippen molar-refractivity contribution in [1.82, 2.24) is 19.7 Å². The Labute approximate surface area is 129 Å². The van der Waals surface area contributed by atoms with Gasteiger partial charge in [0.2, 0.25) is 0 Å². The zero-order valence-corrected chi connectivity index (χ0v) is 13.8. The summed E-state index contributed by atoms with van der Waals surface area (Å²) in [6, 6.07) is 2.52. The van der Waals surface area contributed by atoms with E-state index in [9.17, 15) is 0 Å². The largest absolute Gasteiger partial charge is 0.351 e. The number of nitrogens with zero attached hydrogens (tertiary/aromatic N) is 5. The fraction of sp³-hybridized carbons (Fsp3) is 0.533. The topological polar surface area (TPSA) is 46.8 Å². The van der Waals surface area contributed by atoms with Gasteiger partial charge in [-0.2, -0.15) is 16.9 Å². The minimum atomic E-state index is 0.466. The van der Waals surface area contributed by atoms with E-state index in [1.807, 2.05) is 36.5 Å². The van der Waals surface area contributed by atoms with Crippen LogP contribution in [0.5, 0.6) is 0 Å². The molecule has 112 valence electrons. The van der Waals surface area contributed by atoms with Gasteiger partial charge < -0.3 is 4.90 Å². The first-order valence-electron chi connectivity index (χ1n) is 7.30. The Hall–Kier alpha value is -1.56. The molecule has 21 heavy (non-hydrogen) atoms. The maximum atomic E-state index is 4.78. The highest BCUT2D eigenvalue weighted by Crippen LogP contribution is 2.28. The summed E-state index contributed by atoms with van der Waals surface area (Å²) in [4.78, 5) is 11.5. The number of hydrogen-bond donors (Lipinski definition) is 0. The summed E-state index contributed by atoms with van der Waals surface area (Å²) in [5.41, 5.74) is 2.07. The molecule has 2 atom stereocenters. The van der Waals surface area contributed by atoms with E-state index in [0.717, 1.165) is 35.3 Å². The molecule has 3 rings (SSSR count). The standard InChI is InChI=1S/C15H21N5S/c1-10-7-11(2)20(18-10)15-9-16-8-14(17-15)19-5-6-21-13(4)12(19)3/h7-9,12-13H,5-6H2,1-4H3. The average molecular weight is 303 g/mol. The lowest BCUT2D eigenvalue weighted by Gasteiger charge is -2.38. The normalized spacial score (nSPS) is 22.6. The van der Waals surface area contributed by atoms with Crippen molar-refractivity contribution < 1.29 is 0 Å². The highest BCUT2D eigenvalue weighted by atomic mass is 32.2. The summed E-state index contributed by atoms with van der Waals surface area (Å²) in [7, 11) is 0. The molecule has 3 heterocycles. The second-order valence-electron chi connectivity index (χ2n) is 5.58. The Morgan fingerprint density at radius 1 is 1.19 bits per heavy atom. The van der Waals surface area contributed by atoms with Crippen LogP contribution in [-0.4, -0.2) is 43.3 Å². The molecule has 1 saturated heterocycles. The summed E-state index contributed by atoms with van der Waals surface area (Å²) in [6.45, 7) is 9.59. The first kappa shape index (κ1) is 14.4. The van der Waals surface area contributed by atoms with Crippen LogP contribution >= 0.6 is 11.8 Å². The molecule has 2 aromatic heterocycles. The van der Waals surface area contributed by atoms with E-state index in [2.05, 4.69) is 34.9 Å². The van der Waals surface area contributed by atoms with E-state index in [0.29, 0.717) is 11.3 Å². The van der Waals surface area contributed by atoms with Crippen LogP contribution < -0.4 is 4.90 Å². The molecule has 1 aliphatic heterocycles. The SMILES string of the molecule is Cc1cc(C)n(-c2cncc(N3CCSC(C)C3C)n2)n1. The van der Waals surface area contributed by atoms with E-state index in [4.69, 9.17) is 4.98 Å². The summed E-state index contributed by atoms with van der Waals surface area (Å²) in [5.74, 6) is 2.87. The molecule has 6 heteroatoms. The molecule has 0 amide bonds. The van der Waals surface area contributed by atoms with E-state index in [1.165, 1.54) is 0 Å². The maximum absolute atomic E-state index is 4.78. The molecule has 5 nitrogen and oxygen atoms in total. The van der Waals surface area contributed by atoms with Crippen molar-refractivity contribution >= 4 is 17.6 Å². The van der Waals surface area contributed by atoms with Crippen LogP contribution in [0, 0.1) is 13.8 Å². The number of aromatic nitrogens is 4. The lowest BCUT2D eigenvalue weighted by atomic mass is 10.2. The lowest BCUT2D eigenvalue weighted by molar-refractivity contribution is 0.617. The second-order valence-corrected chi connectivity index (χ2v) is 7.07. The number of hydrogen-bond acceptors (Lipinski definition) is 5. The number of rotatable bonds is 2.